The summed E-state index contributed by atoms with van der Waals surface area (Å²) in [7, 11) is 0. The van der Waals surface area contributed by atoms with Crippen LogP contribution in [-0.4, -0.2) is 6.26 Å². The van der Waals surface area contributed by atoms with E-state index in [1.54, 1.807) is 0 Å². The summed E-state index contributed by atoms with van der Waals surface area (Å²) in [5.41, 5.74) is 0. The molecule has 0 saturated carbocycles. The van der Waals surface area contributed by atoms with Gasteiger partial charge in [-0.3, -0.25) is 0 Å². The van der Waals surface area contributed by atoms with Crippen molar-refractivity contribution in [3.05, 3.63) is 24.7 Å². The molecule has 0 saturated heterocycles. The molecule has 0 fully saturated rings. The first-order chi connectivity index (χ1) is 6.24. The number of rotatable bonds is 1. The van der Waals surface area contributed by atoms with E-state index in [-0.39, 0.29) is 0 Å². The Morgan fingerprint density at radius 2 is 2.15 bits per heavy atom. The van der Waals surface area contributed by atoms with E-state index in [0.717, 1.165) is 0 Å². The third kappa shape index (κ3) is 1.87. The van der Waals surface area contributed by atoms with E-state index in [9.17, 15) is 0 Å². The highest BCUT2D eigenvalue weighted by Gasteiger charge is 2.09. The highest BCUT2D eigenvalue weighted by atomic mass is 127. The van der Waals surface area contributed by atoms with Crippen LogP contribution in [0.2, 0.25) is 0 Å². The molecule has 0 unspecified atom stereocenters. The van der Waals surface area contributed by atoms with Crippen molar-refractivity contribution in [1.82, 2.24) is 0 Å². The number of benzene rings is 1. The second kappa shape index (κ2) is 4.24. The van der Waals surface area contributed by atoms with Crippen molar-refractivity contribution in [2.75, 3.05) is 6.26 Å². The number of fused-ring (bicyclic) bond motifs is 1. The fourth-order valence-electron chi connectivity index (χ4n) is 1.21. The van der Waals surface area contributed by atoms with E-state index < -0.39 is 0 Å². The second-order valence-electron chi connectivity index (χ2n) is 2.54. The largest absolute Gasteiger partial charge is 0.143 e. The van der Waals surface area contributed by atoms with E-state index in [0.29, 0.717) is 0 Å². The van der Waals surface area contributed by atoms with Crippen LogP contribution in [0.15, 0.2) is 22.4 Å². The number of thioether (sulfide) groups is 1. The lowest BCUT2D eigenvalue weighted by atomic mass is 10.3. The van der Waals surface area contributed by atoms with Crippen molar-refractivity contribution in [2.24, 2.45) is 0 Å². The van der Waals surface area contributed by atoms with Crippen molar-refractivity contribution >= 4 is 78.4 Å². The zero-order valence-electron chi connectivity index (χ0n) is 6.80. The van der Waals surface area contributed by atoms with Crippen molar-refractivity contribution in [1.29, 1.82) is 0 Å². The van der Waals surface area contributed by atoms with Gasteiger partial charge in [0, 0.05) is 16.7 Å². The smallest absolute Gasteiger partial charge is 0.0488 e. The van der Waals surface area contributed by atoms with Gasteiger partial charge in [0.1, 0.15) is 0 Å². The molecule has 0 nitrogen and oxygen atoms in total. The third-order valence-corrected chi connectivity index (χ3v) is 6.61. The molecule has 0 spiro atoms. The van der Waals surface area contributed by atoms with E-state index in [4.69, 9.17) is 0 Å². The standard InChI is InChI=1S/C9H6I2S2/c1-12-9-6(10)4-5-2-3-13-8(5)7(9)11/h2-4H,1H3. The first-order valence-electron chi connectivity index (χ1n) is 3.63. The van der Waals surface area contributed by atoms with E-state index in [1.807, 2.05) is 23.1 Å². The van der Waals surface area contributed by atoms with Gasteiger partial charge in [0.15, 0.2) is 0 Å². The molecule has 13 heavy (non-hydrogen) atoms. The van der Waals surface area contributed by atoms with E-state index in [1.165, 1.54) is 22.1 Å². The molecule has 0 aliphatic heterocycles. The molecule has 4 heteroatoms. The Bertz CT molecular complexity index is 448. The Morgan fingerprint density at radius 1 is 1.38 bits per heavy atom. The normalized spacial score (nSPS) is 11.0. The third-order valence-electron chi connectivity index (χ3n) is 1.80. The molecule has 0 atom stereocenters. The van der Waals surface area contributed by atoms with Gasteiger partial charge in [-0.05, 0) is 74.3 Å². The summed E-state index contributed by atoms with van der Waals surface area (Å²) in [5, 5.41) is 3.53. The second-order valence-corrected chi connectivity index (χ2v) is 6.52. The maximum atomic E-state index is 2.45. The minimum absolute atomic E-state index is 1.36. The minimum atomic E-state index is 1.36. The summed E-state index contributed by atoms with van der Waals surface area (Å²) in [4.78, 5) is 1.41. The predicted octanol–water partition coefficient (Wildman–Crippen LogP) is 4.83. The zero-order chi connectivity index (χ0) is 9.42. The first kappa shape index (κ1) is 10.5. The van der Waals surface area contributed by atoms with Crippen LogP contribution in [0.5, 0.6) is 0 Å². The molecule has 1 aromatic heterocycles. The van der Waals surface area contributed by atoms with E-state index >= 15 is 0 Å². The molecule has 0 aliphatic carbocycles. The Hall–Kier alpha value is 0.990. The summed E-state index contributed by atoms with van der Waals surface area (Å²) in [6.45, 7) is 0. The molecule has 0 N–H and O–H groups in total. The van der Waals surface area contributed by atoms with Crippen LogP contribution in [0, 0.1) is 7.14 Å². The average Bonchev–Trinajstić information content (AvgIpc) is 2.53. The molecule has 68 valence electrons. The number of halogens is 2. The molecule has 1 heterocycles. The molecular formula is C9H6I2S2. The summed E-state index contributed by atoms with van der Waals surface area (Å²) < 4.78 is 4.19. The number of hydrogen-bond donors (Lipinski definition) is 0. The van der Waals surface area contributed by atoms with Crippen LogP contribution < -0.4 is 0 Å². The van der Waals surface area contributed by atoms with Crippen LogP contribution in [0.1, 0.15) is 0 Å². The van der Waals surface area contributed by atoms with Gasteiger partial charge in [-0.15, -0.1) is 23.1 Å². The quantitative estimate of drug-likeness (QED) is 0.460. The van der Waals surface area contributed by atoms with Gasteiger partial charge >= 0.3 is 0 Å². The topological polar surface area (TPSA) is 0 Å². The maximum absolute atomic E-state index is 2.45. The Balaban J connectivity index is 2.85. The molecule has 0 amide bonds. The SMILES string of the molecule is CSc1c(I)cc2ccsc2c1I. The summed E-state index contributed by atoms with van der Waals surface area (Å²) >= 11 is 8.52. The van der Waals surface area contributed by atoms with Crippen molar-refractivity contribution < 1.29 is 0 Å². The molecule has 2 rings (SSSR count). The van der Waals surface area contributed by atoms with Crippen molar-refractivity contribution in [3.8, 4) is 0 Å². The van der Waals surface area contributed by atoms with Crippen LogP contribution in [-0.2, 0) is 0 Å². The van der Waals surface area contributed by atoms with Gasteiger partial charge in [-0.25, -0.2) is 0 Å². The Morgan fingerprint density at radius 3 is 2.85 bits per heavy atom. The van der Waals surface area contributed by atoms with E-state index in [2.05, 4.69) is 69.0 Å². The lowest BCUT2D eigenvalue weighted by Crippen LogP contribution is -1.83. The van der Waals surface area contributed by atoms with Gasteiger partial charge in [0.2, 0.25) is 0 Å². The van der Waals surface area contributed by atoms with Crippen molar-refractivity contribution in [3.63, 3.8) is 0 Å². The molecule has 2 aromatic rings. The first-order valence-corrected chi connectivity index (χ1v) is 7.89. The van der Waals surface area contributed by atoms with Gasteiger partial charge in [0.05, 0.1) is 0 Å². The number of hydrogen-bond acceptors (Lipinski definition) is 2. The number of thiophene rings is 1. The fraction of sp³-hybridized carbons (Fsp3) is 0.111. The predicted molar refractivity (Wildman–Crippen MR) is 79.0 cm³/mol. The molecular weight excluding hydrogens is 426 g/mol. The minimum Gasteiger partial charge on any atom is -0.143 e. The Labute approximate surface area is 113 Å². The summed E-state index contributed by atoms with van der Waals surface area (Å²) in [6.07, 6.45) is 2.14. The highest BCUT2D eigenvalue weighted by molar-refractivity contribution is 14.1. The molecule has 0 bridgehead atoms. The summed E-state index contributed by atoms with van der Waals surface area (Å²) in [5.74, 6) is 0. The zero-order valence-corrected chi connectivity index (χ0v) is 12.8. The lowest BCUT2D eigenvalue weighted by molar-refractivity contribution is 1.41. The van der Waals surface area contributed by atoms with Gasteiger partial charge < -0.3 is 0 Å². The monoisotopic (exact) mass is 432 g/mol. The van der Waals surface area contributed by atoms with Gasteiger partial charge in [0.25, 0.3) is 0 Å². The maximum Gasteiger partial charge on any atom is 0.0488 e. The lowest BCUT2D eigenvalue weighted by Gasteiger charge is -2.04. The highest BCUT2D eigenvalue weighted by Crippen LogP contribution is 2.36. The van der Waals surface area contributed by atoms with Gasteiger partial charge in [-0.2, -0.15) is 0 Å². The Kier molecular flexibility index (Phi) is 3.43. The molecule has 0 aliphatic rings. The molecule has 0 radical (unpaired) electrons. The van der Waals surface area contributed by atoms with Crippen LogP contribution in [0.25, 0.3) is 10.1 Å². The summed E-state index contributed by atoms with van der Waals surface area (Å²) in [6, 6.07) is 4.45. The van der Waals surface area contributed by atoms with Crippen LogP contribution in [0.4, 0.5) is 0 Å². The fourth-order valence-corrected chi connectivity index (χ4v) is 6.05. The average molecular weight is 432 g/mol. The van der Waals surface area contributed by atoms with Crippen LogP contribution in [0.3, 0.4) is 0 Å². The van der Waals surface area contributed by atoms with Crippen molar-refractivity contribution in [2.45, 2.75) is 4.90 Å². The van der Waals surface area contributed by atoms with Gasteiger partial charge in [-0.1, -0.05) is 0 Å². The molecule has 1 aromatic carbocycles. The van der Waals surface area contributed by atoms with Crippen LogP contribution >= 0.6 is 68.3 Å².